The number of nitrogens with one attached hydrogen (secondary N) is 1. The molecule has 0 bridgehead atoms. The van der Waals surface area contributed by atoms with Crippen LogP contribution in [0.1, 0.15) is 51.7 Å². The summed E-state index contributed by atoms with van der Waals surface area (Å²) in [5.41, 5.74) is 0.530. The van der Waals surface area contributed by atoms with Gasteiger partial charge in [-0.2, -0.15) is 0 Å². The Bertz CT molecular complexity index is 1070. The molecule has 1 aromatic carbocycles. The maximum atomic E-state index is 13.0. The van der Waals surface area contributed by atoms with Crippen molar-refractivity contribution in [2.75, 3.05) is 38.3 Å². The number of piperidine rings is 2. The Morgan fingerprint density at radius 1 is 0.939 bits per heavy atom. The lowest BCUT2D eigenvalue weighted by Crippen LogP contribution is -2.47. The molecule has 4 heterocycles. The van der Waals surface area contributed by atoms with Crippen molar-refractivity contribution in [1.29, 1.82) is 0 Å². The first-order valence-electron chi connectivity index (χ1n) is 11.2. The number of carbonyl (C=O) groups excluding carboxylic acids is 3. The number of likely N-dealkylation sites (tertiary alicyclic amines) is 2. The van der Waals surface area contributed by atoms with Gasteiger partial charge in [-0.3, -0.25) is 14.4 Å². The predicted molar refractivity (Wildman–Crippen MR) is 119 cm³/mol. The molecule has 0 radical (unpaired) electrons. The number of fused-ring (bicyclic) bond motifs is 1. The standard InChI is InChI=1S/C22H25N5O5S/c28-18(23-15-6-7-16-17(11-15)32-13-31-16)19-24-25-20(33-19)22(30)27-10-4-5-14(12-27)21(29)26-8-2-1-3-9-26/h6-7,11,14H,1-5,8-10,12-13H2,(H,23,28). The van der Waals surface area contributed by atoms with Gasteiger partial charge < -0.3 is 24.6 Å². The van der Waals surface area contributed by atoms with Crippen LogP contribution in [0.2, 0.25) is 0 Å². The molecule has 1 aromatic heterocycles. The molecule has 3 aliphatic rings. The number of amides is 3. The van der Waals surface area contributed by atoms with Crippen molar-refractivity contribution in [2.45, 2.75) is 32.1 Å². The fraction of sp³-hybridized carbons (Fsp3) is 0.500. The van der Waals surface area contributed by atoms with E-state index in [1.54, 1.807) is 23.1 Å². The smallest absolute Gasteiger partial charge is 0.286 e. The fourth-order valence-corrected chi connectivity index (χ4v) is 5.14. The molecule has 1 unspecified atom stereocenters. The second-order valence-corrected chi connectivity index (χ2v) is 9.39. The second kappa shape index (κ2) is 9.34. The van der Waals surface area contributed by atoms with Crippen molar-refractivity contribution in [2.24, 2.45) is 5.92 Å². The van der Waals surface area contributed by atoms with E-state index >= 15 is 0 Å². The highest BCUT2D eigenvalue weighted by atomic mass is 32.1. The summed E-state index contributed by atoms with van der Waals surface area (Å²) in [7, 11) is 0. The predicted octanol–water partition coefficient (Wildman–Crippen LogP) is 2.38. The average Bonchev–Trinajstić information content (AvgIpc) is 3.53. The van der Waals surface area contributed by atoms with Crippen LogP contribution >= 0.6 is 11.3 Å². The van der Waals surface area contributed by atoms with Crippen LogP contribution in [0.15, 0.2) is 18.2 Å². The fourth-order valence-electron chi connectivity index (χ4n) is 4.43. The highest BCUT2D eigenvalue weighted by Crippen LogP contribution is 2.34. The maximum absolute atomic E-state index is 13.0. The van der Waals surface area contributed by atoms with Gasteiger partial charge in [-0.05, 0) is 44.2 Å². The van der Waals surface area contributed by atoms with Gasteiger partial charge in [0, 0.05) is 37.9 Å². The van der Waals surface area contributed by atoms with Crippen LogP contribution in [0, 0.1) is 5.92 Å². The summed E-state index contributed by atoms with van der Waals surface area (Å²) in [6.45, 7) is 2.71. The molecule has 0 aliphatic carbocycles. The van der Waals surface area contributed by atoms with E-state index in [1.807, 2.05) is 4.90 Å². The zero-order valence-electron chi connectivity index (χ0n) is 18.1. The van der Waals surface area contributed by atoms with Crippen molar-refractivity contribution >= 4 is 34.7 Å². The summed E-state index contributed by atoms with van der Waals surface area (Å²) in [6, 6.07) is 5.08. The van der Waals surface area contributed by atoms with Crippen molar-refractivity contribution in [3.8, 4) is 11.5 Å². The van der Waals surface area contributed by atoms with Gasteiger partial charge in [-0.25, -0.2) is 0 Å². The molecule has 1 atom stereocenters. The van der Waals surface area contributed by atoms with Crippen LogP contribution in [0.3, 0.4) is 0 Å². The first-order chi connectivity index (χ1) is 16.1. The largest absolute Gasteiger partial charge is 0.454 e. The highest BCUT2D eigenvalue weighted by Gasteiger charge is 2.33. The Labute approximate surface area is 194 Å². The molecule has 3 amide bonds. The quantitative estimate of drug-likeness (QED) is 0.728. The van der Waals surface area contributed by atoms with E-state index in [9.17, 15) is 14.4 Å². The van der Waals surface area contributed by atoms with E-state index in [-0.39, 0.29) is 34.5 Å². The minimum Gasteiger partial charge on any atom is -0.454 e. The Morgan fingerprint density at radius 3 is 2.55 bits per heavy atom. The number of hydrogen-bond acceptors (Lipinski definition) is 8. The first-order valence-corrected chi connectivity index (χ1v) is 12.0. The molecule has 1 N–H and O–H groups in total. The minimum absolute atomic E-state index is 0.0916. The van der Waals surface area contributed by atoms with Gasteiger partial charge in [0.15, 0.2) is 11.5 Å². The van der Waals surface area contributed by atoms with E-state index in [2.05, 4.69) is 15.5 Å². The summed E-state index contributed by atoms with van der Waals surface area (Å²) in [6.07, 6.45) is 4.82. The number of carbonyl (C=O) groups is 3. The molecule has 5 rings (SSSR count). The number of hydrogen-bond donors (Lipinski definition) is 1. The number of anilines is 1. The number of rotatable bonds is 4. The third-order valence-corrected chi connectivity index (χ3v) is 7.07. The van der Waals surface area contributed by atoms with Gasteiger partial charge in [0.1, 0.15) is 0 Å². The zero-order valence-corrected chi connectivity index (χ0v) is 18.9. The molecule has 3 aliphatic heterocycles. The Morgan fingerprint density at radius 2 is 1.70 bits per heavy atom. The van der Waals surface area contributed by atoms with Gasteiger partial charge in [0.05, 0.1) is 5.92 Å². The van der Waals surface area contributed by atoms with Gasteiger partial charge in [-0.1, -0.05) is 11.3 Å². The molecule has 10 nitrogen and oxygen atoms in total. The topological polar surface area (TPSA) is 114 Å². The molecule has 0 spiro atoms. The van der Waals surface area contributed by atoms with E-state index < -0.39 is 5.91 Å². The lowest BCUT2D eigenvalue weighted by molar-refractivity contribution is -0.137. The van der Waals surface area contributed by atoms with Crippen LogP contribution in [0.5, 0.6) is 11.5 Å². The summed E-state index contributed by atoms with van der Waals surface area (Å²) in [5.74, 6) is 0.402. The number of aromatic nitrogens is 2. The van der Waals surface area contributed by atoms with Gasteiger partial charge >= 0.3 is 0 Å². The lowest BCUT2D eigenvalue weighted by Gasteiger charge is -2.35. The van der Waals surface area contributed by atoms with Gasteiger partial charge in [0.25, 0.3) is 11.8 Å². The Balaban J connectivity index is 1.21. The molecule has 2 aromatic rings. The molecular formula is C22H25N5O5S. The number of benzene rings is 1. The third kappa shape index (κ3) is 4.63. The van der Waals surface area contributed by atoms with E-state index in [1.165, 1.54) is 6.42 Å². The summed E-state index contributed by atoms with van der Waals surface area (Å²) < 4.78 is 10.6. The molecule has 2 fully saturated rings. The van der Waals surface area contributed by atoms with Crippen LogP contribution in [-0.4, -0.2) is 70.7 Å². The molecular weight excluding hydrogens is 446 g/mol. The van der Waals surface area contributed by atoms with Gasteiger partial charge in [-0.15, -0.1) is 10.2 Å². The van der Waals surface area contributed by atoms with E-state index in [0.717, 1.165) is 50.1 Å². The zero-order chi connectivity index (χ0) is 22.8. The van der Waals surface area contributed by atoms with Crippen LogP contribution in [0.25, 0.3) is 0 Å². The van der Waals surface area contributed by atoms with Crippen molar-refractivity contribution in [3.05, 3.63) is 28.2 Å². The van der Waals surface area contributed by atoms with E-state index in [4.69, 9.17) is 9.47 Å². The third-order valence-electron chi connectivity index (χ3n) is 6.16. The minimum atomic E-state index is -0.456. The number of ether oxygens (including phenoxy) is 2. The normalized spacial score (nSPS) is 19.9. The molecule has 174 valence electrons. The highest BCUT2D eigenvalue weighted by molar-refractivity contribution is 7.15. The SMILES string of the molecule is O=C(Nc1ccc2c(c1)OCO2)c1nnc(C(=O)N2CCCC(C(=O)N3CCCCC3)C2)s1. The van der Waals surface area contributed by atoms with Crippen molar-refractivity contribution < 1.29 is 23.9 Å². The second-order valence-electron chi connectivity index (χ2n) is 8.41. The average molecular weight is 472 g/mol. The molecule has 0 saturated carbocycles. The Hall–Kier alpha value is -3.21. The van der Waals surface area contributed by atoms with Crippen LogP contribution in [-0.2, 0) is 4.79 Å². The lowest BCUT2D eigenvalue weighted by atomic mass is 9.95. The summed E-state index contributed by atoms with van der Waals surface area (Å²) in [5, 5.41) is 10.8. The molecule has 2 saturated heterocycles. The van der Waals surface area contributed by atoms with Crippen LogP contribution in [0.4, 0.5) is 5.69 Å². The summed E-state index contributed by atoms with van der Waals surface area (Å²) in [4.78, 5) is 42.1. The van der Waals surface area contributed by atoms with Gasteiger partial charge in [0.2, 0.25) is 22.7 Å². The molecule has 11 heteroatoms. The van der Waals surface area contributed by atoms with E-state index in [0.29, 0.717) is 30.3 Å². The van der Waals surface area contributed by atoms with Crippen molar-refractivity contribution in [3.63, 3.8) is 0 Å². The maximum Gasteiger partial charge on any atom is 0.286 e. The van der Waals surface area contributed by atoms with Crippen LogP contribution < -0.4 is 14.8 Å². The van der Waals surface area contributed by atoms with Crippen molar-refractivity contribution in [1.82, 2.24) is 20.0 Å². The Kier molecular flexibility index (Phi) is 6.12. The monoisotopic (exact) mass is 471 g/mol. The summed E-state index contributed by atoms with van der Waals surface area (Å²) >= 11 is 0.948. The molecule has 33 heavy (non-hydrogen) atoms. The first kappa shape index (κ1) is 21.6. The number of nitrogens with zero attached hydrogens (tertiary/aromatic N) is 4.